The van der Waals surface area contributed by atoms with Crippen molar-refractivity contribution in [3.63, 3.8) is 0 Å². The molecule has 0 bridgehead atoms. The first-order valence-electron chi connectivity index (χ1n) is 13.6. The summed E-state index contributed by atoms with van der Waals surface area (Å²) in [6, 6.07) is 32.4. The van der Waals surface area contributed by atoms with E-state index in [0.717, 1.165) is 19.0 Å². The summed E-state index contributed by atoms with van der Waals surface area (Å²) in [5, 5.41) is 4.14. The summed E-state index contributed by atoms with van der Waals surface area (Å²) in [7, 11) is -0.910. The summed E-state index contributed by atoms with van der Waals surface area (Å²) in [6.45, 7) is 1.02. The Morgan fingerprint density at radius 2 is 1.18 bits per heavy atom. The molecule has 8 heteroatoms. The summed E-state index contributed by atoms with van der Waals surface area (Å²) in [4.78, 5) is 35.5. The number of carbonyl (C=O) groups excluding carboxylic acids is 3. The van der Waals surface area contributed by atoms with Crippen molar-refractivity contribution in [2.24, 2.45) is 0 Å². The molecule has 0 saturated carbocycles. The molecule has 3 aromatic rings. The zero-order valence-electron chi connectivity index (χ0n) is 23.3. The van der Waals surface area contributed by atoms with Gasteiger partial charge in [-0.05, 0) is 6.92 Å². The number of methoxy groups -OCH3 is 1. The number of carbonyl (C=O) groups is 3. The van der Waals surface area contributed by atoms with Crippen molar-refractivity contribution >= 4 is 41.1 Å². The molecule has 0 heterocycles. The summed E-state index contributed by atoms with van der Waals surface area (Å²) >= 11 is 0. The second kappa shape index (κ2) is 16.5. The number of hydrogen-bond donors (Lipinski definition) is 0. The van der Waals surface area contributed by atoms with Crippen LogP contribution in [0.3, 0.4) is 0 Å². The van der Waals surface area contributed by atoms with Crippen LogP contribution >= 0.6 is 7.26 Å². The van der Waals surface area contributed by atoms with E-state index in [4.69, 9.17) is 14.2 Å². The van der Waals surface area contributed by atoms with Gasteiger partial charge in [0.05, 0.1) is 0 Å². The minimum absolute atomic E-state index is 0.0463. The second-order valence-corrected chi connectivity index (χ2v) is 13.6. The average Bonchev–Trinajstić information content (AvgIpc) is 2.98. The fourth-order valence-electron chi connectivity index (χ4n) is 4.82. The van der Waals surface area contributed by atoms with E-state index in [0.29, 0.717) is 12.8 Å². The monoisotopic (exact) mass is 566 g/mol. The molecule has 3 rings (SSSR count). The quantitative estimate of drug-likeness (QED) is 0.112. The zero-order valence-corrected chi connectivity index (χ0v) is 24.3. The van der Waals surface area contributed by atoms with Crippen LogP contribution in [-0.2, 0) is 33.3 Å². The van der Waals surface area contributed by atoms with Gasteiger partial charge in [-0.3, -0.25) is 0 Å². The van der Waals surface area contributed by atoms with Gasteiger partial charge in [0.2, 0.25) is 0 Å². The van der Waals surface area contributed by atoms with Crippen molar-refractivity contribution < 1.29 is 33.3 Å². The van der Waals surface area contributed by atoms with Gasteiger partial charge in [-0.2, -0.15) is 0 Å². The molecule has 214 valence electrons. The number of benzene rings is 3. The van der Waals surface area contributed by atoms with Crippen LogP contribution in [0.25, 0.3) is 0 Å². The maximum absolute atomic E-state index is 12.2. The Morgan fingerprint density at radius 3 is 1.68 bits per heavy atom. The SMILES string of the molecule is COCC(=O)OC(C)C(=O)OCCOC(=O)CCCCC[PH](c1ccccc1)(c1ccccc1)c1ccccc1. The molecule has 0 aliphatic heterocycles. The first kappa shape index (κ1) is 31.0. The van der Waals surface area contributed by atoms with Crippen LogP contribution in [0.5, 0.6) is 0 Å². The van der Waals surface area contributed by atoms with E-state index in [1.165, 1.54) is 29.9 Å². The number of hydrogen-bond acceptors (Lipinski definition) is 7. The molecule has 0 amide bonds. The van der Waals surface area contributed by atoms with E-state index in [2.05, 4.69) is 95.7 Å². The van der Waals surface area contributed by atoms with Gasteiger partial charge in [0.25, 0.3) is 0 Å². The van der Waals surface area contributed by atoms with Crippen LogP contribution in [0, 0.1) is 0 Å². The first-order valence-corrected chi connectivity index (χ1v) is 15.9. The zero-order chi connectivity index (χ0) is 28.6. The Labute approximate surface area is 237 Å². The van der Waals surface area contributed by atoms with Gasteiger partial charge in [0, 0.05) is 7.11 Å². The summed E-state index contributed by atoms with van der Waals surface area (Å²) < 4.78 is 19.7. The molecule has 0 fully saturated rings. The van der Waals surface area contributed by atoms with Gasteiger partial charge in [-0.1, -0.05) is 0 Å². The van der Waals surface area contributed by atoms with E-state index in [9.17, 15) is 14.4 Å². The number of ether oxygens (including phenoxy) is 4. The van der Waals surface area contributed by atoms with Gasteiger partial charge in [0.15, 0.2) is 0 Å². The van der Waals surface area contributed by atoms with E-state index < -0.39 is 25.3 Å². The third-order valence-electron chi connectivity index (χ3n) is 6.73. The molecule has 7 nitrogen and oxygen atoms in total. The van der Waals surface area contributed by atoms with Crippen LogP contribution in [0.1, 0.15) is 32.6 Å². The molecule has 0 aromatic heterocycles. The normalized spacial score (nSPS) is 12.2. The predicted octanol–water partition coefficient (Wildman–Crippen LogP) is 3.94. The Balaban J connectivity index is 1.49. The van der Waals surface area contributed by atoms with Gasteiger partial charge in [-0.25, -0.2) is 4.79 Å². The van der Waals surface area contributed by atoms with Crippen molar-refractivity contribution in [1.29, 1.82) is 0 Å². The van der Waals surface area contributed by atoms with E-state index in [-0.39, 0.29) is 25.8 Å². The number of rotatable bonds is 16. The average molecular weight is 567 g/mol. The van der Waals surface area contributed by atoms with Crippen molar-refractivity contribution in [3.8, 4) is 0 Å². The fraction of sp³-hybridized carbons (Fsp3) is 0.344. The summed E-state index contributed by atoms with van der Waals surface area (Å²) in [5.74, 6) is -1.69. The van der Waals surface area contributed by atoms with Crippen molar-refractivity contribution in [2.45, 2.75) is 38.7 Å². The third kappa shape index (κ3) is 9.00. The van der Waals surface area contributed by atoms with E-state index in [1.807, 2.05) is 0 Å². The standard InChI is InChI=1S/C32H39O7P/c1-26(39-31(34)25-36-2)32(35)38-23-22-37-30(33)21-13-6-14-24-40(27-15-7-3-8-16-27,28-17-9-4-10-18-28)29-19-11-5-12-20-29/h3-5,7-12,15-20,26,40H,6,13-14,21-25H2,1-2H3. The molecule has 1 atom stereocenters. The Kier molecular flexibility index (Phi) is 12.8. The van der Waals surface area contributed by atoms with Crippen molar-refractivity contribution in [3.05, 3.63) is 91.0 Å². The van der Waals surface area contributed by atoms with Gasteiger partial charge in [0.1, 0.15) is 6.61 Å². The van der Waals surface area contributed by atoms with E-state index in [1.54, 1.807) is 0 Å². The predicted molar refractivity (Wildman–Crippen MR) is 159 cm³/mol. The van der Waals surface area contributed by atoms with Crippen LogP contribution < -0.4 is 15.9 Å². The fourth-order valence-corrected chi connectivity index (χ4v) is 9.75. The minimum atomic E-state index is -2.27. The number of esters is 3. The molecule has 40 heavy (non-hydrogen) atoms. The molecule has 0 spiro atoms. The van der Waals surface area contributed by atoms with Gasteiger partial charge >= 0.3 is 202 Å². The molecule has 3 aromatic carbocycles. The third-order valence-corrected chi connectivity index (χ3v) is 11.8. The van der Waals surface area contributed by atoms with Crippen molar-refractivity contribution in [2.75, 3.05) is 33.1 Å². The molecule has 0 aliphatic rings. The van der Waals surface area contributed by atoms with Crippen molar-refractivity contribution in [1.82, 2.24) is 0 Å². The van der Waals surface area contributed by atoms with Gasteiger partial charge in [-0.15, -0.1) is 0 Å². The first-order chi connectivity index (χ1) is 19.5. The van der Waals surface area contributed by atoms with E-state index >= 15 is 0 Å². The van der Waals surface area contributed by atoms with Gasteiger partial charge < -0.3 is 9.47 Å². The summed E-state index contributed by atoms with van der Waals surface area (Å²) in [5.41, 5.74) is 0. The maximum atomic E-state index is 12.2. The Hall–Kier alpha value is -3.54. The van der Waals surface area contributed by atoms with Crippen LogP contribution in [0.4, 0.5) is 0 Å². The molecular weight excluding hydrogens is 527 g/mol. The molecule has 0 saturated heterocycles. The van der Waals surface area contributed by atoms with Crippen LogP contribution in [0.2, 0.25) is 0 Å². The summed E-state index contributed by atoms with van der Waals surface area (Å²) in [6.07, 6.45) is 2.87. The number of unbranched alkanes of at least 4 members (excludes halogenated alkanes) is 2. The Bertz CT molecular complexity index is 1090. The topological polar surface area (TPSA) is 88.1 Å². The Morgan fingerprint density at radius 1 is 0.675 bits per heavy atom. The molecule has 0 N–H and O–H groups in total. The molecule has 0 radical (unpaired) electrons. The molecule has 0 aliphatic carbocycles. The molecule has 1 unspecified atom stereocenters. The van der Waals surface area contributed by atoms with Crippen LogP contribution in [-0.4, -0.2) is 57.1 Å². The molecular formula is C32H39O7P. The second-order valence-electron chi connectivity index (χ2n) is 9.52. The van der Waals surface area contributed by atoms with Crippen LogP contribution in [0.15, 0.2) is 91.0 Å².